The van der Waals surface area contributed by atoms with E-state index in [-0.39, 0.29) is 18.5 Å². The molecule has 0 aromatic heterocycles. The Morgan fingerprint density at radius 2 is 2.25 bits per heavy atom. The van der Waals surface area contributed by atoms with Crippen molar-refractivity contribution in [3.8, 4) is 0 Å². The fraction of sp³-hybridized carbons (Fsp3) is 0.778. The standard InChI is InChI=1S/C9H12O3/c1-2-3-5-6-4-10-9(11-6)8-7(5)12-8/h2,5-9H,1,3-4H2/t5-,6?,7-,8?,9-/m0/s1. The highest BCUT2D eigenvalue weighted by atomic mass is 16.8. The van der Waals surface area contributed by atoms with Gasteiger partial charge in [-0.2, -0.15) is 0 Å². The highest BCUT2D eigenvalue weighted by molar-refractivity contribution is 5.04. The van der Waals surface area contributed by atoms with Crippen molar-refractivity contribution in [2.24, 2.45) is 5.92 Å². The molecule has 0 radical (unpaired) electrons. The van der Waals surface area contributed by atoms with Gasteiger partial charge in [0.15, 0.2) is 6.29 Å². The van der Waals surface area contributed by atoms with E-state index < -0.39 is 0 Å². The van der Waals surface area contributed by atoms with Gasteiger partial charge >= 0.3 is 0 Å². The van der Waals surface area contributed by atoms with E-state index in [1.165, 1.54) is 0 Å². The van der Waals surface area contributed by atoms with Crippen LogP contribution in [0.1, 0.15) is 6.42 Å². The minimum absolute atomic E-state index is 0.0685. The van der Waals surface area contributed by atoms with Crippen LogP contribution in [0.25, 0.3) is 0 Å². The average Bonchev–Trinajstić information content (AvgIpc) is 2.75. The van der Waals surface area contributed by atoms with E-state index in [1.54, 1.807) is 0 Å². The topological polar surface area (TPSA) is 31.0 Å². The molecule has 3 aliphatic rings. The van der Waals surface area contributed by atoms with Gasteiger partial charge in [0, 0.05) is 5.92 Å². The van der Waals surface area contributed by atoms with E-state index in [9.17, 15) is 0 Å². The van der Waals surface area contributed by atoms with Crippen LogP contribution < -0.4 is 0 Å². The Morgan fingerprint density at radius 3 is 3.08 bits per heavy atom. The van der Waals surface area contributed by atoms with Crippen molar-refractivity contribution in [3.05, 3.63) is 12.7 Å². The van der Waals surface area contributed by atoms with Crippen LogP contribution in [0.4, 0.5) is 0 Å². The molecule has 5 atom stereocenters. The fourth-order valence-corrected chi connectivity index (χ4v) is 2.23. The average molecular weight is 168 g/mol. The fourth-order valence-electron chi connectivity index (χ4n) is 2.23. The normalized spacial score (nSPS) is 54.8. The summed E-state index contributed by atoms with van der Waals surface area (Å²) in [7, 11) is 0. The van der Waals surface area contributed by atoms with Gasteiger partial charge in [-0.25, -0.2) is 0 Å². The maximum atomic E-state index is 5.62. The van der Waals surface area contributed by atoms with Gasteiger partial charge in [-0.15, -0.1) is 6.58 Å². The molecule has 2 unspecified atom stereocenters. The first-order valence-electron chi connectivity index (χ1n) is 4.43. The third-order valence-corrected chi connectivity index (χ3v) is 2.90. The number of rotatable bonds is 2. The van der Waals surface area contributed by atoms with Crippen LogP contribution in [0.15, 0.2) is 12.7 Å². The summed E-state index contributed by atoms with van der Waals surface area (Å²) in [6.45, 7) is 4.47. The molecule has 66 valence electrons. The molecule has 0 aromatic rings. The molecule has 3 heteroatoms. The van der Waals surface area contributed by atoms with Gasteiger partial charge in [0.2, 0.25) is 0 Å². The summed E-state index contributed by atoms with van der Waals surface area (Å²) in [5.41, 5.74) is 0. The van der Waals surface area contributed by atoms with E-state index in [1.807, 2.05) is 6.08 Å². The molecule has 0 aromatic carbocycles. The highest BCUT2D eigenvalue weighted by Crippen LogP contribution is 2.46. The van der Waals surface area contributed by atoms with Gasteiger partial charge in [0.05, 0.1) is 18.8 Å². The third kappa shape index (κ3) is 0.815. The lowest BCUT2D eigenvalue weighted by Crippen LogP contribution is -2.35. The van der Waals surface area contributed by atoms with Crippen molar-refractivity contribution in [2.75, 3.05) is 6.61 Å². The number of allylic oxidation sites excluding steroid dienone is 1. The first-order chi connectivity index (χ1) is 5.90. The van der Waals surface area contributed by atoms with Gasteiger partial charge in [-0.05, 0) is 6.42 Å². The zero-order valence-corrected chi connectivity index (χ0v) is 6.81. The molecular weight excluding hydrogens is 156 g/mol. The summed E-state index contributed by atoms with van der Waals surface area (Å²) in [6, 6.07) is 0. The summed E-state index contributed by atoms with van der Waals surface area (Å²) >= 11 is 0. The molecule has 3 nitrogen and oxygen atoms in total. The highest BCUT2D eigenvalue weighted by Gasteiger charge is 2.60. The Kier molecular flexibility index (Phi) is 1.36. The predicted octanol–water partition coefficient (Wildman–Crippen LogP) is 0.701. The summed E-state index contributed by atoms with van der Waals surface area (Å²) in [4.78, 5) is 0. The van der Waals surface area contributed by atoms with Crippen molar-refractivity contribution in [3.63, 3.8) is 0 Å². The molecular formula is C9H12O3. The number of fused-ring (bicyclic) bond motifs is 4. The zero-order chi connectivity index (χ0) is 8.13. The van der Waals surface area contributed by atoms with E-state index >= 15 is 0 Å². The summed E-state index contributed by atoms with van der Waals surface area (Å²) in [5, 5.41) is 0. The zero-order valence-electron chi connectivity index (χ0n) is 6.81. The molecule has 0 amide bonds. The van der Waals surface area contributed by atoms with Gasteiger partial charge in [-0.3, -0.25) is 0 Å². The molecule has 0 N–H and O–H groups in total. The van der Waals surface area contributed by atoms with Crippen molar-refractivity contribution in [2.45, 2.75) is 31.0 Å². The second kappa shape index (κ2) is 2.31. The molecule has 0 saturated carbocycles. The predicted molar refractivity (Wildman–Crippen MR) is 41.6 cm³/mol. The molecule has 2 bridgehead atoms. The molecule has 3 fully saturated rings. The minimum Gasteiger partial charge on any atom is -0.364 e. The molecule has 3 rings (SSSR count). The van der Waals surface area contributed by atoms with Crippen molar-refractivity contribution in [1.82, 2.24) is 0 Å². The van der Waals surface area contributed by atoms with Crippen LogP contribution in [-0.4, -0.2) is 31.2 Å². The SMILES string of the molecule is C=CC[C@H]1C2CO[C@@H](O2)C2O[C@H]21. The lowest BCUT2D eigenvalue weighted by atomic mass is 9.92. The molecule has 0 aliphatic carbocycles. The Hall–Kier alpha value is -0.380. The number of ether oxygens (including phenoxy) is 3. The second-order valence-electron chi connectivity index (χ2n) is 3.63. The van der Waals surface area contributed by atoms with E-state index in [0.29, 0.717) is 12.0 Å². The maximum absolute atomic E-state index is 5.62. The van der Waals surface area contributed by atoms with E-state index in [4.69, 9.17) is 14.2 Å². The lowest BCUT2D eigenvalue weighted by Gasteiger charge is -2.22. The minimum atomic E-state index is -0.0685. The van der Waals surface area contributed by atoms with Crippen LogP contribution in [-0.2, 0) is 14.2 Å². The number of hydrogen-bond acceptors (Lipinski definition) is 3. The van der Waals surface area contributed by atoms with Gasteiger partial charge in [0.25, 0.3) is 0 Å². The maximum Gasteiger partial charge on any atom is 0.186 e. The molecule has 3 saturated heterocycles. The van der Waals surface area contributed by atoms with Crippen molar-refractivity contribution >= 4 is 0 Å². The number of hydrogen-bond donors (Lipinski definition) is 0. The Balaban J connectivity index is 1.80. The monoisotopic (exact) mass is 168 g/mol. The van der Waals surface area contributed by atoms with Crippen molar-refractivity contribution in [1.29, 1.82) is 0 Å². The summed E-state index contributed by atoms with van der Waals surface area (Å²) in [6.07, 6.45) is 3.69. The molecule has 0 spiro atoms. The van der Waals surface area contributed by atoms with Gasteiger partial charge < -0.3 is 14.2 Å². The van der Waals surface area contributed by atoms with Gasteiger partial charge in [0.1, 0.15) is 6.10 Å². The smallest absolute Gasteiger partial charge is 0.186 e. The first-order valence-corrected chi connectivity index (χ1v) is 4.43. The van der Waals surface area contributed by atoms with E-state index in [2.05, 4.69) is 6.58 Å². The van der Waals surface area contributed by atoms with Crippen LogP contribution in [0.2, 0.25) is 0 Å². The Morgan fingerprint density at radius 1 is 1.33 bits per heavy atom. The summed E-state index contributed by atoms with van der Waals surface area (Å²) < 4.78 is 16.5. The number of epoxide rings is 1. The van der Waals surface area contributed by atoms with Crippen molar-refractivity contribution < 1.29 is 14.2 Å². The molecule has 3 aliphatic heterocycles. The van der Waals surface area contributed by atoms with Crippen LogP contribution >= 0.6 is 0 Å². The molecule has 3 heterocycles. The summed E-state index contributed by atoms with van der Waals surface area (Å²) in [5.74, 6) is 0.478. The van der Waals surface area contributed by atoms with Crippen LogP contribution in [0.5, 0.6) is 0 Å². The second-order valence-corrected chi connectivity index (χ2v) is 3.63. The Labute approximate surface area is 71.3 Å². The van der Waals surface area contributed by atoms with Crippen LogP contribution in [0, 0.1) is 5.92 Å². The van der Waals surface area contributed by atoms with Crippen LogP contribution in [0.3, 0.4) is 0 Å². The first kappa shape index (κ1) is 7.06. The Bertz CT molecular complexity index is 216. The van der Waals surface area contributed by atoms with Gasteiger partial charge in [-0.1, -0.05) is 6.08 Å². The molecule has 12 heavy (non-hydrogen) atoms. The third-order valence-electron chi connectivity index (χ3n) is 2.90. The quantitative estimate of drug-likeness (QED) is 0.449. The lowest BCUT2D eigenvalue weighted by molar-refractivity contribution is -0.0884. The van der Waals surface area contributed by atoms with E-state index in [0.717, 1.165) is 13.0 Å². The largest absolute Gasteiger partial charge is 0.364 e.